The Hall–Kier alpha value is -1.26. The number of rotatable bonds is 4. The Kier molecular flexibility index (Phi) is 3.39. The highest BCUT2D eigenvalue weighted by atomic mass is 16.6. The fourth-order valence-electron chi connectivity index (χ4n) is 2.44. The molecule has 18 heavy (non-hydrogen) atoms. The summed E-state index contributed by atoms with van der Waals surface area (Å²) in [6.07, 6.45) is 0.512. The van der Waals surface area contributed by atoms with Crippen molar-refractivity contribution in [1.82, 2.24) is 4.90 Å². The van der Waals surface area contributed by atoms with Crippen molar-refractivity contribution in [3.8, 4) is 5.75 Å². The van der Waals surface area contributed by atoms with Gasteiger partial charge >= 0.3 is 0 Å². The normalized spacial score (nSPS) is 24.1. The molecule has 3 rings (SSSR count). The first kappa shape index (κ1) is 11.8. The molecule has 1 aromatic carbocycles. The van der Waals surface area contributed by atoms with Crippen LogP contribution in [0.1, 0.15) is 0 Å². The minimum atomic E-state index is 0.512. The van der Waals surface area contributed by atoms with Crippen molar-refractivity contribution in [2.75, 3.05) is 51.3 Å². The van der Waals surface area contributed by atoms with Gasteiger partial charge in [-0.25, -0.2) is 0 Å². The first-order chi connectivity index (χ1) is 8.85. The second-order valence-corrected chi connectivity index (χ2v) is 4.94. The van der Waals surface area contributed by atoms with Crippen molar-refractivity contribution in [2.45, 2.75) is 6.10 Å². The summed E-state index contributed by atoms with van der Waals surface area (Å²) in [5.41, 5.74) is 1.29. The van der Waals surface area contributed by atoms with E-state index in [4.69, 9.17) is 9.47 Å². The lowest BCUT2D eigenvalue weighted by molar-refractivity contribution is 0.230. The number of piperazine rings is 1. The van der Waals surface area contributed by atoms with Crippen molar-refractivity contribution in [1.29, 1.82) is 0 Å². The van der Waals surface area contributed by atoms with Crippen LogP contribution < -0.4 is 9.64 Å². The number of nitrogens with zero attached hydrogens (tertiary/aromatic N) is 2. The average Bonchev–Trinajstić information content (AvgIpc) is 3.24. The highest BCUT2D eigenvalue weighted by molar-refractivity contribution is 5.49. The van der Waals surface area contributed by atoms with Crippen LogP contribution in [0.25, 0.3) is 0 Å². The fraction of sp³-hybridized carbons (Fsp3) is 0.571. The first-order valence-electron chi connectivity index (χ1n) is 6.58. The van der Waals surface area contributed by atoms with E-state index in [2.05, 4.69) is 21.9 Å². The molecule has 0 bridgehead atoms. The van der Waals surface area contributed by atoms with Crippen molar-refractivity contribution in [3.05, 3.63) is 24.3 Å². The molecular formula is C14H20N2O2. The topological polar surface area (TPSA) is 28.2 Å². The van der Waals surface area contributed by atoms with E-state index in [1.54, 1.807) is 7.11 Å². The van der Waals surface area contributed by atoms with Gasteiger partial charge in [0.05, 0.1) is 19.8 Å². The Labute approximate surface area is 108 Å². The zero-order valence-electron chi connectivity index (χ0n) is 10.8. The van der Waals surface area contributed by atoms with Gasteiger partial charge in [-0.3, -0.25) is 4.90 Å². The second-order valence-electron chi connectivity index (χ2n) is 4.94. The van der Waals surface area contributed by atoms with Crippen LogP contribution in [0.5, 0.6) is 5.75 Å². The third-order valence-corrected chi connectivity index (χ3v) is 3.67. The number of hydrogen-bond donors (Lipinski definition) is 0. The van der Waals surface area contributed by atoms with E-state index in [0.29, 0.717) is 6.10 Å². The van der Waals surface area contributed by atoms with Crippen LogP contribution in [-0.2, 0) is 4.74 Å². The van der Waals surface area contributed by atoms with Crippen molar-refractivity contribution in [2.24, 2.45) is 0 Å². The fourth-order valence-corrected chi connectivity index (χ4v) is 2.44. The molecule has 0 aliphatic carbocycles. The monoisotopic (exact) mass is 248 g/mol. The molecule has 4 nitrogen and oxygen atoms in total. The van der Waals surface area contributed by atoms with Crippen LogP contribution in [-0.4, -0.2) is 57.4 Å². The molecule has 2 aliphatic rings. The minimum absolute atomic E-state index is 0.512. The van der Waals surface area contributed by atoms with Gasteiger partial charge < -0.3 is 14.4 Å². The summed E-state index contributed by atoms with van der Waals surface area (Å²) in [5, 5.41) is 0. The molecule has 0 amide bonds. The molecule has 0 N–H and O–H groups in total. The van der Waals surface area contributed by atoms with Gasteiger partial charge in [0, 0.05) is 38.4 Å². The van der Waals surface area contributed by atoms with Crippen molar-refractivity contribution < 1.29 is 9.47 Å². The summed E-state index contributed by atoms with van der Waals surface area (Å²) in [7, 11) is 1.70. The van der Waals surface area contributed by atoms with Gasteiger partial charge in [0.2, 0.25) is 0 Å². The van der Waals surface area contributed by atoms with Gasteiger partial charge in [0.15, 0.2) is 0 Å². The molecule has 0 saturated carbocycles. The third-order valence-electron chi connectivity index (χ3n) is 3.67. The van der Waals surface area contributed by atoms with Crippen LogP contribution in [0, 0.1) is 0 Å². The summed E-state index contributed by atoms with van der Waals surface area (Å²) in [4.78, 5) is 4.93. The van der Waals surface area contributed by atoms with Crippen molar-refractivity contribution in [3.63, 3.8) is 0 Å². The number of ether oxygens (including phenoxy) is 2. The predicted molar refractivity (Wildman–Crippen MR) is 71.4 cm³/mol. The standard InChI is InChI=1S/C14H20N2O2/c1-17-13-4-2-12(3-5-13)16-8-6-15(7-9-16)10-14-11-18-14/h2-5,14H,6-11H2,1H3/t14-/m1/s1. The molecule has 98 valence electrons. The van der Waals surface area contributed by atoms with E-state index >= 15 is 0 Å². The quantitative estimate of drug-likeness (QED) is 0.749. The highest BCUT2D eigenvalue weighted by Crippen LogP contribution is 2.21. The molecule has 2 fully saturated rings. The number of epoxide rings is 1. The van der Waals surface area contributed by atoms with Gasteiger partial charge in [0.25, 0.3) is 0 Å². The van der Waals surface area contributed by atoms with Crippen LogP contribution >= 0.6 is 0 Å². The van der Waals surface area contributed by atoms with Crippen molar-refractivity contribution >= 4 is 5.69 Å². The van der Waals surface area contributed by atoms with E-state index in [-0.39, 0.29) is 0 Å². The predicted octanol–water partition coefficient (Wildman–Crippen LogP) is 1.22. The van der Waals surface area contributed by atoms with E-state index in [1.165, 1.54) is 5.69 Å². The number of methoxy groups -OCH3 is 1. The summed E-state index contributed by atoms with van der Waals surface area (Å²) in [5.74, 6) is 0.920. The van der Waals surface area contributed by atoms with E-state index in [0.717, 1.165) is 45.1 Å². The molecule has 1 aromatic rings. The molecule has 0 unspecified atom stereocenters. The lowest BCUT2D eigenvalue weighted by atomic mass is 10.2. The Balaban J connectivity index is 1.54. The molecule has 0 aromatic heterocycles. The molecule has 4 heteroatoms. The van der Waals surface area contributed by atoms with Crippen LogP contribution in [0.3, 0.4) is 0 Å². The third kappa shape index (κ3) is 2.76. The Morgan fingerprint density at radius 1 is 1.17 bits per heavy atom. The molecule has 2 saturated heterocycles. The SMILES string of the molecule is COc1ccc(N2CCN(C[C@@H]3CO3)CC2)cc1. The molecular weight excluding hydrogens is 228 g/mol. The maximum atomic E-state index is 5.28. The lowest BCUT2D eigenvalue weighted by Crippen LogP contribution is -2.47. The zero-order chi connectivity index (χ0) is 12.4. The van der Waals surface area contributed by atoms with E-state index in [1.807, 2.05) is 12.1 Å². The van der Waals surface area contributed by atoms with Gasteiger partial charge in [0.1, 0.15) is 5.75 Å². The molecule has 1 atom stereocenters. The second kappa shape index (κ2) is 5.16. The highest BCUT2D eigenvalue weighted by Gasteiger charge is 2.27. The smallest absolute Gasteiger partial charge is 0.119 e. The minimum Gasteiger partial charge on any atom is -0.497 e. The summed E-state index contributed by atoms with van der Waals surface area (Å²) >= 11 is 0. The summed E-state index contributed by atoms with van der Waals surface area (Å²) in [6, 6.07) is 8.33. The number of hydrogen-bond acceptors (Lipinski definition) is 4. The summed E-state index contributed by atoms with van der Waals surface area (Å²) < 4.78 is 10.5. The van der Waals surface area contributed by atoms with Crippen LogP contribution in [0.2, 0.25) is 0 Å². The first-order valence-corrected chi connectivity index (χ1v) is 6.58. The van der Waals surface area contributed by atoms with Gasteiger partial charge in [-0.05, 0) is 24.3 Å². The van der Waals surface area contributed by atoms with E-state index < -0.39 is 0 Å². The molecule has 0 spiro atoms. The number of anilines is 1. The van der Waals surface area contributed by atoms with Gasteiger partial charge in [-0.15, -0.1) is 0 Å². The Bertz CT molecular complexity index is 381. The largest absolute Gasteiger partial charge is 0.497 e. The lowest BCUT2D eigenvalue weighted by Gasteiger charge is -2.35. The number of benzene rings is 1. The zero-order valence-corrected chi connectivity index (χ0v) is 10.8. The Morgan fingerprint density at radius 3 is 2.39 bits per heavy atom. The molecule has 2 heterocycles. The maximum Gasteiger partial charge on any atom is 0.119 e. The summed E-state index contributed by atoms with van der Waals surface area (Å²) in [6.45, 7) is 6.52. The van der Waals surface area contributed by atoms with E-state index in [9.17, 15) is 0 Å². The van der Waals surface area contributed by atoms with Gasteiger partial charge in [-0.2, -0.15) is 0 Å². The molecule has 2 aliphatic heterocycles. The Morgan fingerprint density at radius 2 is 1.83 bits per heavy atom. The molecule has 0 radical (unpaired) electrons. The van der Waals surface area contributed by atoms with Crippen LogP contribution in [0.15, 0.2) is 24.3 Å². The average molecular weight is 248 g/mol. The maximum absolute atomic E-state index is 5.28. The van der Waals surface area contributed by atoms with Crippen LogP contribution in [0.4, 0.5) is 5.69 Å². The van der Waals surface area contributed by atoms with Gasteiger partial charge in [-0.1, -0.05) is 0 Å².